The highest BCUT2D eigenvalue weighted by Crippen LogP contribution is 2.43. The monoisotopic (exact) mass is 1100 g/mol. The summed E-state index contributed by atoms with van der Waals surface area (Å²) in [6.45, 7) is 9.88. The van der Waals surface area contributed by atoms with E-state index in [-0.39, 0.29) is 59.0 Å². The quantitative estimate of drug-likeness (QED) is 0.0609. The van der Waals surface area contributed by atoms with Crippen molar-refractivity contribution in [3.8, 4) is 97.2 Å². The molecule has 21 heteroatoms. The normalized spacial score (nSPS) is 11.8. The summed E-state index contributed by atoms with van der Waals surface area (Å²) in [4.78, 5) is 12.5. The number of aromatic nitrogens is 10. The predicted octanol–water partition coefficient (Wildman–Crippen LogP) is 11.8. The van der Waals surface area contributed by atoms with Crippen LogP contribution in [0.4, 0.5) is 0 Å². The SMILES string of the molecule is CC(C)c1cc(-c2n[nH]c(=O)n2-c2ccc3c(ccn3C)c2)c(O)cc1O.CC(C)c1cc(-c2n[nH]c(=S)n2-c2cccc3c2OCO3)c(O)cc1O.CCc1cc(-c2n[nH]c(=S)n2-c2cccc3ccccc23)c(O)cc1O. The van der Waals surface area contributed by atoms with Gasteiger partial charge >= 0.3 is 5.69 Å². The van der Waals surface area contributed by atoms with Gasteiger partial charge in [-0.2, -0.15) is 15.3 Å². The zero-order valence-electron chi connectivity index (χ0n) is 43.5. The molecule has 0 atom stereocenters. The molecule has 0 bridgehead atoms. The van der Waals surface area contributed by atoms with Crippen molar-refractivity contribution in [3.05, 3.63) is 164 Å². The Morgan fingerprint density at radius 2 is 1.11 bits per heavy atom. The molecular weight excluding hydrogens is 1040 g/mol. The lowest BCUT2D eigenvalue weighted by atomic mass is 9.98. The van der Waals surface area contributed by atoms with Crippen LogP contribution in [0.5, 0.6) is 46.0 Å². The zero-order valence-corrected chi connectivity index (χ0v) is 45.2. The molecule has 1 aliphatic heterocycles. The molecule has 19 nitrogen and oxygen atoms in total. The topological polar surface area (TPSA) is 263 Å². The number of ether oxygens (including phenoxy) is 2. The van der Waals surface area contributed by atoms with Crippen LogP contribution in [0, 0.1) is 9.54 Å². The van der Waals surface area contributed by atoms with Crippen molar-refractivity contribution < 1.29 is 40.1 Å². The highest BCUT2D eigenvalue weighted by atomic mass is 32.1. The second-order valence-electron chi connectivity index (χ2n) is 19.3. The number of aryl methyl sites for hydroxylation is 2. The summed E-state index contributed by atoms with van der Waals surface area (Å²) in [7, 11) is 1.96. The molecule has 5 heterocycles. The van der Waals surface area contributed by atoms with Gasteiger partial charge in [0.2, 0.25) is 6.79 Å². The van der Waals surface area contributed by atoms with E-state index in [9.17, 15) is 35.4 Å². The first kappa shape index (κ1) is 52.8. The molecule has 0 amide bonds. The molecule has 11 aromatic rings. The van der Waals surface area contributed by atoms with Gasteiger partial charge in [0.05, 0.1) is 33.8 Å². The Bertz CT molecular complexity index is 4310. The molecular formula is C58H54N10O9S2. The molecule has 0 saturated carbocycles. The number of phenolic OH excluding ortho intramolecular Hbond substituents is 6. The minimum atomic E-state index is -0.404. The molecule has 12 rings (SSSR count). The second-order valence-corrected chi connectivity index (χ2v) is 20.0. The third-order valence-electron chi connectivity index (χ3n) is 13.6. The predicted molar refractivity (Wildman–Crippen MR) is 306 cm³/mol. The number of fused-ring (bicyclic) bond motifs is 3. The van der Waals surface area contributed by atoms with Crippen molar-refractivity contribution in [2.45, 2.75) is 52.9 Å². The van der Waals surface area contributed by atoms with E-state index in [0.717, 1.165) is 32.9 Å². The number of nitrogens with one attached hydrogen (secondary N) is 3. The molecule has 1 aliphatic rings. The maximum atomic E-state index is 12.5. The van der Waals surface area contributed by atoms with E-state index in [0.29, 0.717) is 78.3 Å². The van der Waals surface area contributed by atoms with Crippen LogP contribution in [0.25, 0.3) is 72.9 Å². The Morgan fingerprint density at radius 1 is 0.570 bits per heavy atom. The summed E-state index contributed by atoms with van der Waals surface area (Å²) in [6.07, 6.45) is 2.59. The zero-order chi connectivity index (χ0) is 56.0. The van der Waals surface area contributed by atoms with Gasteiger partial charge in [-0.1, -0.05) is 77.1 Å². The number of para-hydroxylation sites is 1. The fourth-order valence-corrected chi connectivity index (χ4v) is 10.0. The molecule has 402 valence electrons. The summed E-state index contributed by atoms with van der Waals surface area (Å²) in [6, 6.07) is 36.2. The number of benzene rings is 7. The van der Waals surface area contributed by atoms with Gasteiger partial charge in [-0.05, 0) is 125 Å². The van der Waals surface area contributed by atoms with Crippen molar-refractivity contribution in [2.75, 3.05) is 6.79 Å². The fourth-order valence-electron chi connectivity index (χ4n) is 9.58. The van der Waals surface area contributed by atoms with E-state index in [2.05, 4.69) is 30.6 Å². The Hall–Kier alpha value is -9.60. The van der Waals surface area contributed by atoms with Gasteiger partial charge < -0.3 is 44.7 Å². The molecule has 0 spiro atoms. The van der Waals surface area contributed by atoms with Gasteiger partial charge in [0.1, 0.15) is 34.5 Å². The van der Waals surface area contributed by atoms with E-state index >= 15 is 0 Å². The number of rotatable bonds is 9. The van der Waals surface area contributed by atoms with Crippen molar-refractivity contribution >= 4 is 46.1 Å². The Balaban J connectivity index is 0.000000134. The van der Waals surface area contributed by atoms with Gasteiger partial charge in [0, 0.05) is 47.7 Å². The molecule has 0 aliphatic carbocycles. The van der Waals surface area contributed by atoms with Gasteiger partial charge in [-0.15, -0.1) is 0 Å². The number of aromatic hydroxyl groups is 6. The minimum Gasteiger partial charge on any atom is -0.508 e. The fraction of sp³-hybridized carbons (Fsp3) is 0.172. The first-order valence-electron chi connectivity index (χ1n) is 25.1. The average molecular weight is 1100 g/mol. The van der Waals surface area contributed by atoms with Gasteiger partial charge in [0.25, 0.3) is 0 Å². The lowest BCUT2D eigenvalue weighted by Crippen LogP contribution is -2.15. The average Bonchev–Trinajstić information content (AvgIpc) is 4.45. The van der Waals surface area contributed by atoms with Crippen LogP contribution in [0.1, 0.15) is 63.1 Å². The van der Waals surface area contributed by atoms with Gasteiger partial charge in [-0.25, -0.2) is 14.5 Å². The summed E-state index contributed by atoms with van der Waals surface area (Å²) in [5.41, 5.74) is 6.27. The molecule has 0 radical (unpaired) electrons. The van der Waals surface area contributed by atoms with Crippen LogP contribution < -0.4 is 15.2 Å². The standard InChI is InChI=1S/C20H20N4O3.C20H17N3O2S.C18H17N3O4S/c1-11(2)14-9-15(18(26)10-17(14)25)19-21-22-20(27)24(19)13-4-5-16-12(8-13)6-7-23(16)3;1-2-12-10-15(18(25)11-17(12)24)19-21-22-20(26)23(19)16-9-5-7-13-6-3-4-8-14(13)16;1-9(2)10-6-11(14(23)7-13(10)22)17-19-20-18(26)21(17)12-4-3-5-15-16(12)25-8-24-15/h4-11,25-26H,1-3H3,(H,22,27);3-11,24-25H,2H2,1H3,(H,22,26);3-7,9,22-23H,8H2,1-2H3,(H,20,26). The van der Waals surface area contributed by atoms with Crippen molar-refractivity contribution in [1.29, 1.82) is 0 Å². The summed E-state index contributed by atoms with van der Waals surface area (Å²) in [5, 5.41) is 85.2. The molecule has 7 aromatic carbocycles. The lowest BCUT2D eigenvalue weighted by Gasteiger charge is -2.14. The molecule has 9 N–H and O–H groups in total. The molecule has 0 fully saturated rings. The van der Waals surface area contributed by atoms with E-state index in [1.807, 2.05) is 142 Å². The summed E-state index contributed by atoms with van der Waals surface area (Å²) in [5.74, 6) is 2.35. The number of hydrogen-bond acceptors (Lipinski definition) is 14. The van der Waals surface area contributed by atoms with Gasteiger partial charge in [0.15, 0.2) is 38.5 Å². The Kier molecular flexibility index (Phi) is 14.3. The highest BCUT2D eigenvalue weighted by Gasteiger charge is 2.25. The summed E-state index contributed by atoms with van der Waals surface area (Å²) < 4.78 is 18.7. The maximum Gasteiger partial charge on any atom is 0.348 e. The second kappa shape index (κ2) is 21.4. The number of hydrogen-bond donors (Lipinski definition) is 9. The molecule has 0 saturated heterocycles. The Morgan fingerprint density at radius 3 is 1.75 bits per heavy atom. The molecule has 4 aromatic heterocycles. The first-order chi connectivity index (χ1) is 37.9. The molecule has 0 unspecified atom stereocenters. The largest absolute Gasteiger partial charge is 0.508 e. The maximum absolute atomic E-state index is 12.5. The van der Waals surface area contributed by atoms with E-state index in [1.54, 1.807) is 22.8 Å². The van der Waals surface area contributed by atoms with Crippen molar-refractivity contribution in [3.63, 3.8) is 0 Å². The first-order valence-corrected chi connectivity index (χ1v) is 25.9. The van der Waals surface area contributed by atoms with Crippen LogP contribution in [-0.4, -0.2) is 86.3 Å². The van der Waals surface area contributed by atoms with Gasteiger partial charge in [-0.3, -0.25) is 19.3 Å². The van der Waals surface area contributed by atoms with Crippen molar-refractivity contribution in [2.24, 2.45) is 7.05 Å². The van der Waals surface area contributed by atoms with Crippen LogP contribution >= 0.6 is 24.4 Å². The van der Waals surface area contributed by atoms with E-state index in [4.69, 9.17) is 33.9 Å². The number of H-pyrrole nitrogens is 3. The lowest BCUT2D eigenvalue weighted by molar-refractivity contribution is 0.174. The summed E-state index contributed by atoms with van der Waals surface area (Å²) >= 11 is 10.9. The van der Waals surface area contributed by atoms with Crippen LogP contribution in [-0.2, 0) is 13.5 Å². The van der Waals surface area contributed by atoms with Crippen LogP contribution in [0.15, 0.2) is 132 Å². The van der Waals surface area contributed by atoms with Crippen LogP contribution in [0.2, 0.25) is 0 Å². The number of nitrogens with zero attached hydrogens (tertiary/aromatic N) is 7. The van der Waals surface area contributed by atoms with E-state index < -0.39 is 5.69 Å². The highest BCUT2D eigenvalue weighted by molar-refractivity contribution is 7.71. The third kappa shape index (κ3) is 9.92. The molecule has 79 heavy (non-hydrogen) atoms. The third-order valence-corrected chi connectivity index (χ3v) is 14.2. The minimum absolute atomic E-state index is 0.0152. The smallest absolute Gasteiger partial charge is 0.348 e. The van der Waals surface area contributed by atoms with Crippen molar-refractivity contribution in [1.82, 2.24) is 48.9 Å². The van der Waals surface area contributed by atoms with E-state index in [1.165, 1.54) is 22.8 Å². The van der Waals surface area contributed by atoms with Crippen LogP contribution in [0.3, 0.4) is 0 Å². The number of aromatic amines is 3. The number of phenols is 6. The Labute approximate surface area is 461 Å².